The summed E-state index contributed by atoms with van der Waals surface area (Å²) >= 11 is 0. The summed E-state index contributed by atoms with van der Waals surface area (Å²) in [6.07, 6.45) is 4.94. The normalized spacial score (nSPS) is 10.9. The van der Waals surface area contributed by atoms with Crippen LogP contribution >= 0.6 is 0 Å². The monoisotopic (exact) mass is 267 g/mol. The number of carbonyl (C=O) groups is 1. The molecule has 3 heterocycles. The summed E-state index contributed by atoms with van der Waals surface area (Å²) in [5.41, 5.74) is 8.95. The summed E-state index contributed by atoms with van der Waals surface area (Å²) in [6, 6.07) is 3.77. The van der Waals surface area contributed by atoms with Crippen LogP contribution in [0.25, 0.3) is 16.9 Å². The summed E-state index contributed by atoms with van der Waals surface area (Å²) in [6.45, 7) is 3.81. The van der Waals surface area contributed by atoms with Crippen LogP contribution < -0.4 is 5.73 Å². The molecule has 3 aromatic rings. The maximum absolute atomic E-state index is 11.5. The topological polar surface area (TPSA) is 86.2 Å². The zero-order chi connectivity index (χ0) is 14.3. The van der Waals surface area contributed by atoms with Gasteiger partial charge in [-0.2, -0.15) is 0 Å². The van der Waals surface area contributed by atoms with Crippen molar-refractivity contribution in [3.63, 3.8) is 0 Å². The predicted octanol–water partition coefficient (Wildman–Crippen LogP) is 1.51. The molecule has 1 amide bonds. The van der Waals surface area contributed by atoms with Crippen LogP contribution in [0.1, 0.15) is 21.9 Å². The average Bonchev–Trinajstić information content (AvgIpc) is 2.77. The van der Waals surface area contributed by atoms with E-state index in [1.807, 2.05) is 30.4 Å². The molecule has 20 heavy (non-hydrogen) atoms. The van der Waals surface area contributed by atoms with Crippen LogP contribution in [-0.4, -0.2) is 25.3 Å². The highest BCUT2D eigenvalue weighted by atomic mass is 16.1. The van der Waals surface area contributed by atoms with Crippen LogP contribution in [0.2, 0.25) is 0 Å². The Morgan fingerprint density at radius 2 is 2.05 bits per heavy atom. The minimum Gasteiger partial charge on any atom is -0.364 e. The van der Waals surface area contributed by atoms with Gasteiger partial charge in [0.1, 0.15) is 11.5 Å². The van der Waals surface area contributed by atoms with Gasteiger partial charge in [0, 0.05) is 12.4 Å². The molecule has 0 aliphatic rings. The number of pyridine rings is 1. The van der Waals surface area contributed by atoms with Gasteiger partial charge in [0.25, 0.3) is 5.91 Å². The first-order valence-electron chi connectivity index (χ1n) is 6.14. The Labute approximate surface area is 115 Å². The largest absolute Gasteiger partial charge is 0.364 e. The van der Waals surface area contributed by atoms with E-state index in [1.165, 1.54) is 0 Å². The standard InChI is InChI=1S/C14H13N5O/c1-8-3-4-11-12(14(15)20)18-9(2)19(11)13(8)10-7-16-5-6-17-10/h3-7H,1-2H3,(H2,15,20). The molecule has 0 unspecified atom stereocenters. The van der Waals surface area contributed by atoms with Crippen LogP contribution in [-0.2, 0) is 0 Å². The van der Waals surface area contributed by atoms with E-state index in [2.05, 4.69) is 15.0 Å². The van der Waals surface area contributed by atoms with Gasteiger partial charge in [-0.25, -0.2) is 4.98 Å². The molecule has 2 N–H and O–H groups in total. The van der Waals surface area contributed by atoms with E-state index in [4.69, 9.17) is 5.73 Å². The number of nitrogens with two attached hydrogens (primary N) is 1. The van der Waals surface area contributed by atoms with E-state index in [-0.39, 0.29) is 5.69 Å². The number of amides is 1. The molecule has 0 aliphatic carbocycles. The fraction of sp³-hybridized carbons (Fsp3) is 0.143. The van der Waals surface area contributed by atoms with Crippen molar-refractivity contribution in [1.82, 2.24) is 19.4 Å². The second kappa shape index (κ2) is 4.41. The number of hydrogen-bond donors (Lipinski definition) is 1. The molecule has 0 radical (unpaired) electrons. The van der Waals surface area contributed by atoms with E-state index >= 15 is 0 Å². The number of fused-ring (bicyclic) bond motifs is 1. The zero-order valence-electron chi connectivity index (χ0n) is 11.2. The third-order valence-corrected chi connectivity index (χ3v) is 3.21. The molecule has 6 heteroatoms. The van der Waals surface area contributed by atoms with Gasteiger partial charge < -0.3 is 5.73 Å². The molecule has 3 aromatic heterocycles. The number of aromatic nitrogens is 4. The Balaban J connectivity index is 2.43. The molecule has 0 aromatic carbocycles. The minimum absolute atomic E-state index is 0.271. The van der Waals surface area contributed by atoms with Crippen LogP contribution in [0.3, 0.4) is 0 Å². The summed E-state index contributed by atoms with van der Waals surface area (Å²) in [5.74, 6) is 0.155. The number of rotatable bonds is 2. The van der Waals surface area contributed by atoms with Crippen molar-refractivity contribution in [2.45, 2.75) is 13.8 Å². The number of primary amides is 1. The molecule has 0 spiro atoms. The highest BCUT2D eigenvalue weighted by Crippen LogP contribution is 2.25. The fourth-order valence-corrected chi connectivity index (χ4v) is 2.36. The van der Waals surface area contributed by atoms with Crippen molar-refractivity contribution in [3.8, 4) is 11.4 Å². The highest BCUT2D eigenvalue weighted by molar-refractivity contribution is 5.98. The van der Waals surface area contributed by atoms with Crippen molar-refractivity contribution in [2.75, 3.05) is 0 Å². The summed E-state index contributed by atoms with van der Waals surface area (Å²) in [7, 11) is 0. The van der Waals surface area contributed by atoms with Crippen LogP contribution in [0.5, 0.6) is 0 Å². The fourth-order valence-electron chi connectivity index (χ4n) is 2.36. The lowest BCUT2D eigenvalue weighted by Gasteiger charge is -2.10. The molecule has 0 saturated carbocycles. The maximum Gasteiger partial charge on any atom is 0.269 e. The number of aryl methyl sites for hydroxylation is 2. The Kier molecular flexibility index (Phi) is 2.71. The van der Waals surface area contributed by atoms with Gasteiger partial charge in [-0.3, -0.25) is 19.2 Å². The lowest BCUT2D eigenvalue weighted by molar-refractivity contribution is 0.0997. The average molecular weight is 267 g/mol. The Bertz CT molecular complexity index is 807. The van der Waals surface area contributed by atoms with Crippen molar-refractivity contribution in [1.29, 1.82) is 0 Å². The number of nitrogens with zero attached hydrogens (tertiary/aromatic N) is 4. The summed E-state index contributed by atoms with van der Waals surface area (Å²) in [5, 5.41) is 0. The molecule has 0 atom stereocenters. The van der Waals surface area contributed by atoms with E-state index in [1.54, 1.807) is 18.6 Å². The molecular weight excluding hydrogens is 254 g/mol. The van der Waals surface area contributed by atoms with Crippen LogP contribution in [0.4, 0.5) is 0 Å². The van der Waals surface area contributed by atoms with Gasteiger partial charge in [-0.05, 0) is 25.5 Å². The van der Waals surface area contributed by atoms with Gasteiger partial charge in [-0.1, -0.05) is 6.07 Å². The molecule has 0 fully saturated rings. The Morgan fingerprint density at radius 3 is 2.70 bits per heavy atom. The van der Waals surface area contributed by atoms with Gasteiger partial charge in [-0.15, -0.1) is 0 Å². The first-order valence-corrected chi connectivity index (χ1v) is 6.14. The highest BCUT2D eigenvalue weighted by Gasteiger charge is 2.17. The van der Waals surface area contributed by atoms with Crippen molar-refractivity contribution in [3.05, 3.63) is 47.8 Å². The van der Waals surface area contributed by atoms with Crippen molar-refractivity contribution < 1.29 is 4.79 Å². The van der Waals surface area contributed by atoms with E-state index in [0.717, 1.165) is 17.0 Å². The maximum atomic E-state index is 11.5. The van der Waals surface area contributed by atoms with Crippen LogP contribution in [0.15, 0.2) is 30.7 Å². The molecule has 0 aliphatic heterocycles. The lowest BCUT2D eigenvalue weighted by atomic mass is 10.1. The number of imidazole rings is 1. The first-order chi connectivity index (χ1) is 9.59. The number of hydrogen-bond acceptors (Lipinski definition) is 4. The smallest absolute Gasteiger partial charge is 0.269 e. The summed E-state index contributed by atoms with van der Waals surface area (Å²) < 4.78 is 1.89. The zero-order valence-corrected chi connectivity index (χ0v) is 11.2. The molecule has 6 nitrogen and oxygen atoms in total. The number of carbonyl (C=O) groups excluding carboxylic acids is 1. The molecule has 0 saturated heterocycles. The third kappa shape index (κ3) is 1.73. The minimum atomic E-state index is -0.537. The second-order valence-electron chi connectivity index (χ2n) is 4.55. The molecule has 100 valence electrons. The second-order valence-corrected chi connectivity index (χ2v) is 4.55. The lowest BCUT2D eigenvalue weighted by Crippen LogP contribution is -2.12. The van der Waals surface area contributed by atoms with E-state index < -0.39 is 5.91 Å². The van der Waals surface area contributed by atoms with Gasteiger partial charge in [0.2, 0.25) is 0 Å². The molecule has 0 bridgehead atoms. The SMILES string of the molecule is Cc1ccc2c(C(N)=O)nc(C)n2c1-c1cnccn1. The van der Waals surface area contributed by atoms with Gasteiger partial charge >= 0.3 is 0 Å². The first kappa shape index (κ1) is 12.3. The van der Waals surface area contributed by atoms with E-state index in [0.29, 0.717) is 11.3 Å². The summed E-state index contributed by atoms with van der Waals surface area (Å²) in [4.78, 5) is 24.2. The van der Waals surface area contributed by atoms with Crippen molar-refractivity contribution in [2.24, 2.45) is 5.73 Å². The quantitative estimate of drug-likeness (QED) is 0.762. The molecule has 3 rings (SSSR count). The Morgan fingerprint density at radius 1 is 1.25 bits per heavy atom. The predicted molar refractivity (Wildman–Crippen MR) is 74.2 cm³/mol. The Hall–Kier alpha value is -2.76. The van der Waals surface area contributed by atoms with Gasteiger partial charge in [0.05, 0.1) is 17.4 Å². The third-order valence-electron chi connectivity index (χ3n) is 3.21. The van der Waals surface area contributed by atoms with Crippen molar-refractivity contribution >= 4 is 11.4 Å². The van der Waals surface area contributed by atoms with Gasteiger partial charge in [0.15, 0.2) is 5.69 Å². The molecular formula is C14H13N5O. The van der Waals surface area contributed by atoms with E-state index in [9.17, 15) is 4.79 Å². The van der Waals surface area contributed by atoms with Crippen LogP contribution in [0, 0.1) is 13.8 Å².